The van der Waals surface area contributed by atoms with Crippen molar-refractivity contribution in [3.8, 4) is 5.75 Å². The molecule has 0 aliphatic rings. The minimum Gasteiger partial charge on any atom is -0.496 e. The van der Waals surface area contributed by atoms with Gasteiger partial charge in [0.15, 0.2) is 0 Å². The summed E-state index contributed by atoms with van der Waals surface area (Å²) in [5, 5.41) is 0. The quantitative estimate of drug-likeness (QED) is 0.863. The van der Waals surface area contributed by atoms with Crippen molar-refractivity contribution in [1.82, 2.24) is 0 Å². The summed E-state index contributed by atoms with van der Waals surface area (Å²) in [5.41, 5.74) is 8.80. The van der Waals surface area contributed by atoms with Gasteiger partial charge in [-0.2, -0.15) is 0 Å². The Bertz CT molecular complexity index is 580. The first-order chi connectivity index (χ1) is 10.2. The van der Waals surface area contributed by atoms with Gasteiger partial charge in [0.05, 0.1) is 18.7 Å². The third kappa shape index (κ3) is 3.61. The molecule has 2 N–H and O–H groups in total. The highest BCUT2D eigenvalue weighted by atomic mass is 19.1. The Kier molecular flexibility index (Phi) is 5.34. The van der Waals surface area contributed by atoms with Crippen molar-refractivity contribution in [1.29, 1.82) is 0 Å². The molecule has 0 bridgehead atoms. The van der Waals surface area contributed by atoms with Gasteiger partial charge in [-0.3, -0.25) is 0 Å². The molecule has 2 nitrogen and oxygen atoms in total. The molecule has 3 heteroatoms. The number of aryl methyl sites for hydroxylation is 1. The van der Waals surface area contributed by atoms with Crippen molar-refractivity contribution in [3.05, 3.63) is 65.0 Å². The van der Waals surface area contributed by atoms with Gasteiger partial charge in [0.25, 0.3) is 0 Å². The Labute approximate surface area is 125 Å². The second-order valence-electron chi connectivity index (χ2n) is 5.18. The van der Waals surface area contributed by atoms with Crippen molar-refractivity contribution in [2.24, 2.45) is 5.73 Å². The molecule has 0 aromatic heterocycles. The molecule has 0 radical (unpaired) electrons. The summed E-state index contributed by atoms with van der Waals surface area (Å²) in [6.07, 6.45) is 3.41. The van der Waals surface area contributed by atoms with Crippen LogP contribution in [0, 0.1) is 5.82 Å². The molecule has 0 spiro atoms. The number of halogens is 1. The summed E-state index contributed by atoms with van der Waals surface area (Å²) in [4.78, 5) is 0. The molecule has 2 aromatic carbocycles. The Morgan fingerprint density at radius 3 is 2.48 bits per heavy atom. The fraction of sp³-hybridized carbons (Fsp3) is 0.333. The van der Waals surface area contributed by atoms with Gasteiger partial charge in [-0.05, 0) is 36.1 Å². The average molecular weight is 287 g/mol. The van der Waals surface area contributed by atoms with E-state index in [1.807, 2.05) is 12.1 Å². The molecule has 0 heterocycles. The van der Waals surface area contributed by atoms with Crippen molar-refractivity contribution in [3.63, 3.8) is 0 Å². The maximum absolute atomic E-state index is 14.1. The molecule has 0 saturated heterocycles. The van der Waals surface area contributed by atoms with Gasteiger partial charge >= 0.3 is 0 Å². The number of unbranched alkanes of at least 4 members (excludes halogenated alkanes) is 1. The van der Waals surface area contributed by atoms with E-state index in [2.05, 4.69) is 19.1 Å². The average Bonchev–Trinajstić information content (AvgIpc) is 2.52. The van der Waals surface area contributed by atoms with Crippen LogP contribution in [0.1, 0.15) is 42.5 Å². The number of benzene rings is 2. The van der Waals surface area contributed by atoms with E-state index in [1.54, 1.807) is 12.1 Å². The Balaban J connectivity index is 2.26. The largest absolute Gasteiger partial charge is 0.496 e. The highest BCUT2D eigenvalue weighted by Gasteiger charge is 2.18. The first-order valence-corrected chi connectivity index (χ1v) is 7.34. The third-order valence-electron chi connectivity index (χ3n) is 3.70. The number of rotatable bonds is 6. The van der Waals surface area contributed by atoms with Gasteiger partial charge in [0, 0.05) is 0 Å². The predicted octanol–water partition coefficient (Wildman–Crippen LogP) is 4.23. The summed E-state index contributed by atoms with van der Waals surface area (Å²) >= 11 is 0. The number of methoxy groups -OCH3 is 1. The van der Waals surface area contributed by atoms with Crippen LogP contribution >= 0.6 is 0 Å². The summed E-state index contributed by atoms with van der Waals surface area (Å²) in [7, 11) is 1.53. The molecule has 0 saturated carbocycles. The van der Waals surface area contributed by atoms with Crippen LogP contribution in [-0.4, -0.2) is 7.11 Å². The molecule has 0 aliphatic carbocycles. The van der Waals surface area contributed by atoms with Crippen LogP contribution in [0.25, 0.3) is 0 Å². The summed E-state index contributed by atoms with van der Waals surface area (Å²) in [6, 6.07) is 12.3. The van der Waals surface area contributed by atoms with Gasteiger partial charge in [-0.25, -0.2) is 4.39 Å². The van der Waals surface area contributed by atoms with Crippen LogP contribution in [0.3, 0.4) is 0 Å². The van der Waals surface area contributed by atoms with Gasteiger partial charge < -0.3 is 10.5 Å². The number of hydrogen-bond donors (Lipinski definition) is 1. The highest BCUT2D eigenvalue weighted by molar-refractivity contribution is 5.42. The van der Waals surface area contributed by atoms with E-state index >= 15 is 0 Å². The van der Waals surface area contributed by atoms with Crippen LogP contribution in [0.5, 0.6) is 5.75 Å². The van der Waals surface area contributed by atoms with E-state index in [0.717, 1.165) is 12.0 Å². The normalized spacial score (nSPS) is 12.2. The SMILES string of the molecule is CCCCc1ccc(C(N)c2c(F)cccc2OC)cc1. The maximum atomic E-state index is 14.1. The lowest BCUT2D eigenvalue weighted by Gasteiger charge is -2.17. The summed E-state index contributed by atoms with van der Waals surface area (Å²) < 4.78 is 19.3. The van der Waals surface area contributed by atoms with Gasteiger partial charge in [-0.15, -0.1) is 0 Å². The monoisotopic (exact) mass is 287 g/mol. The number of hydrogen-bond acceptors (Lipinski definition) is 2. The summed E-state index contributed by atoms with van der Waals surface area (Å²) in [6.45, 7) is 2.18. The van der Waals surface area contributed by atoms with Crippen molar-refractivity contribution >= 4 is 0 Å². The van der Waals surface area contributed by atoms with E-state index in [4.69, 9.17) is 10.5 Å². The second-order valence-corrected chi connectivity index (χ2v) is 5.18. The minimum absolute atomic E-state index is 0.336. The van der Waals surface area contributed by atoms with E-state index in [9.17, 15) is 4.39 Å². The van der Waals surface area contributed by atoms with E-state index < -0.39 is 6.04 Å². The molecule has 112 valence electrons. The van der Waals surface area contributed by atoms with Crippen molar-refractivity contribution in [2.75, 3.05) is 7.11 Å². The zero-order chi connectivity index (χ0) is 15.2. The van der Waals surface area contributed by atoms with E-state index in [1.165, 1.54) is 31.6 Å². The topological polar surface area (TPSA) is 35.2 Å². The van der Waals surface area contributed by atoms with Crippen molar-refractivity contribution < 1.29 is 9.13 Å². The smallest absolute Gasteiger partial charge is 0.132 e. The first-order valence-electron chi connectivity index (χ1n) is 7.34. The zero-order valence-electron chi connectivity index (χ0n) is 12.6. The second kappa shape index (κ2) is 7.23. The molecule has 0 aliphatic heterocycles. The molecule has 2 aromatic rings. The van der Waals surface area contributed by atoms with Crippen molar-refractivity contribution in [2.45, 2.75) is 32.2 Å². The molecular weight excluding hydrogens is 265 g/mol. The lowest BCUT2D eigenvalue weighted by atomic mass is 9.96. The summed E-state index contributed by atoms with van der Waals surface area (Å²) in [5.74, 6) is 0.148. The zero-order valence-corrected chi connectivity index (χ0v) is 12.6. The molecule has 1 unspecified atom stereocenters. The van der Waals surface area contributed by atoms with Gasteiger partial charge in [-0.1, -0.05) is 43.7 Å². The van der Waals surface area contributed by atoms with Crippen LogP contribution in [0.4, 0.5) is 4.39 Å². The first kappa shape index (κ1) is 15.5. The molecule has 0 amide bonds. The standard InChI is InChI=1S/C18H22FNO/c1-3-4-6-13-9-11-14(12-10-13)18(20)17-15(19)7-5-8-16(17)21-2/h5,7-12,18H,3-4,6,20H2,1-2H3. The van der Waals surface area contributed by atoms with E-state index in [0.29, 0.717) is 11.3 Å². The predicted molar refractivity (Wildman–Crippen MR) is 84.0 cm³/mol. The number of nitrogens with two attached hydrogens (primary N) is 1. The third-order valence-corrected chi connectivity index (χ3v) is 3.70. The van der Waals surface area contributed by atoms with Gasteiger partial charge in [0.2, 0.25) is 0 Å². The molecule has 2 rings (SSSR count). The van der Waals surface area contributed by atoms with Gasteiger partial charge in [0.1, 0.15) is 11.6 Å². The molecule has 1 atom stereocenters. The fourth-order valence-corrected chi connectivity index (χ4v) is 2.44. The minimum atomic E-state index is -0.527. The Hall–Kier alpha value is -1.87. The van der Waals surface area contributed by atoms with Crippen LogP contribution < -0.4 is 10.5 Å². The Morgan fingerprint density at radius 1 is 1.14 bits per heavy atom. The highest BCUT2D eigenvalue weighted by Crippen LogP contribution is 2.30. The van der Waals surface area contributed by atoms with Crippen LogP contribution in [0.15, 0.2) is 42.5 Å². The van der Waals surface area contributed by atoms with Crippen LogP contribution in [0.2, 0.25) is 0 Å². The lowest BCUT2D eigenvalue weighted by Crippen LogP contribution is -2.15. The Morgan fingerprint density at radius 2 is 1.86 bits per heavy atom. The molecule has 21 heavy (non-hydrogen) atoms. The maximum Gasteiger partial charge on any atom is 0.132 e. The van der Waals surface area contributed by atoms with E-state index in [-0.39, 0.29) is 5.82 Å². The lowest BCUT2D eigenvalue weighted by molar-refractivity contribution is 0.402. The number of ether oxygens (including phenoxy) is 1. The van der Waals surface area contributed by atoms with Crippen LogP contribution in [-0.2, 0) is 6.42 Å². The fourth-order valence-electron chi connectivity index (χ4n) is 2.44. The molecular formula is C18H22FNO. The molecule has 0 fully saturated rings.